The molecule has 0 amide bonds. The molecule has 0 aromatic carbocycles. The number of hydrogen-bond acceptors (Lipinski definition) is 5. The summed E-state index contributed by atoms with van der Waals surface area (Å²) in [6.45, 7) is 4.33. The number of rotatable bonds is 3. The lowest BCUT2D eigenvalue weighted by Gasteiger charge is -2.28. The maximum atomic E-state index is 5.15. The van der Waals surface area contributed by atoms with Crippen molar-refractivity contribution in [3.63, 3.8) is 0 Å². The zero-order valence-electron chi connectivity index (χ0n) is 17.4. The molecule has 5 nitrogen and oxygen atoms in total. The number of likely N-dealkylation sites (N-methyl/N-ethyl adjacent to an activating group) is 1. The van der Waals surface area contributed by atoms with Gasteiger partial charge in [-0.1, -0.05) is 0 Å². The fourth-order valence-corrected chi connectivity index (χ4v) is 5.01. The van der Waals surface area contributed by atoms with E-state index >= 15 is 0 Å². The predicted molar refractivity (Wildman–Crippen MR) is 120 cm³/mol. The highest BCUT2D eigenvalue weighted by atomic mass is 32.1. The molecule has 1 fully saturated rings. The smallest absolute Gasteiger partial charge is 0.158 e. The van der Waals surface area contributed by atoms with Crippen LogP contribution in [0.3, 0.4) is 0 Å². The third kappa shape index (κ3) is 3.36. The monoisotopic (exact) mass is 404 g/mol. The minimum atomic E-state index is 0.619. The number of quaternary nitrogens is 1. The molecule has 2 aliphatic rings. The summed E-state index contributed by atoms with van der Waals surface area (Å²) in [6, 6.07) is 8.99. The van der Waals surface area contributed by atoms with E-state index in [1.165, 1.54) is 17.8 Å². The third-order valence-electron chi connectivity index (χ3n) is 6.06. The van der Waals surface area contributed by atoms with Gasteiger partial charge in [0, 0.05) is 31.5 Å². The van der Waals surface area contributed by atoms with Gasteiger partial charge in [-0.2, -0.15) is 0 Å². The lowest BCUT2D eigenvalue weighted by Crippen LogP contribution is -2.25. The minimum absolute atomic E-state index is 0.619. The maximum absolute atomic E-state index is 5.15. The SMILES string of the molecule is Cc1nc(-c2cccnc2)sc1-c1ccc2c(n1)C(=CC1C[N+]1(C)C)CCN2C. The highest BCUT2D eigenvalue weighted by molar-refractivity contribution is 7.18. The third-order valence-corrected chi connectivity index (χ3v) is 7.29. The summed E-state index contributed by atoms with van der Waals surface area (Å²) in [7, 11) is 6.75. The Labute approximate surface area is 176 Å². The molecule has 3 aromatic heterocycles. The quantitative estimate of drug-likeness (QED) is 0.483. The Bertz CT molecular complexity index is 1100. The van der Waals surface area contributed by atoms with Crippen LogP contribution in [0.25, 0.3) is 26.7 Å². The second-order valence-corrected chi connectivity index (χ2v) is 9.63. The fraction of sp³-hybridized carbons (Fsp3) is 0.348. The zero-order chi connectivity index (χ0) is 20.2. The molecule has 3 aromatic rings. The van der Waals surface area contributed by atoms with Crippen LogP contribution in [0.4, 0.5) is 5.69 Å². The van der Waals surface area contributed by atoms with Crippen molar-refractivity contribution in [2.75, 3.05) is 39.1 Å². The highest BCUT2D eigenvalue weighted by Gasteiger charge is 2.46. The summed E-state index contributed by atoms with van der Waals surface area (Å²) in [5.41, 5.74) is 6.85. The minimum Gasteiger partial charge on any atom is -0.373 e. The first-order valence-corrected chi connectivity index (χ1v) is 10.9. The zero-order valence-corrected chi connectivity index (χ0v) is 18.2. The fourth-order valence-electron chi connectivity index (χ4n) is 3.98. The molecule has 2 aliphatic heterocycles. The van der Waals surface area contributed by atoms with E-state index in [0.29, 0.717) is 6.04 Å². The van der Waals surface area contributed by atoms with E-state index in [-0.39, 0.29) is 0 Å². The molecule has 1 atom stereocenters. The van der Waals surface area contributed by atoms with E-state index in [2.05, 4.69) is 62.2 Å². The van der Waals surface area contributed by atoms with Crippen LogP contribution >= 0.6 is 11.3 Å². The van der Waals surface area contributed by atoms with Crippen LogP contribution in [0.1, 0.15) is 17.8 Å². The van der Waals surface area contributed by atoms with E-state index in [9.17, 15) is 0 Å². The molecular formula is C23H26N5S+. The molecule has 0 saturated carbocycles. The van der Waals surface area contributed by atoms with Crippen molar-refractivity contribution in [2.24, 2.45) is 0 Å². The number of thiazole rings is 1. The van der Waals surface area contributed by atoms with E-state index < -0.39 is 0 Å². The molecule has 0 bridgehead atoms. The van der Waals surface area contributed by atoms with Crippen molar-refractivity contribution >= 4 is 22.6 Å². The second-order valence-electron chi connectivity index (χ2n) is 8.63. The van der Waals surface area contributed by atoms with E-state index in [4.69, 9.17) is 9.97 Å². The van der Waals surface area contributed by atoms with Gasteiger partial charge in [-0.05, 0) is 49.3 Å². The van der Waals surface area contributed by atoms with Crippen LogP contribution in [-0.2, 0) is 0 Å². The van der Waals surface area contributed by atoms with Crippen LogP contribution < -0.4 is 4.90 Å². The topological polar surface area (TPSA) is 41.9 Å². The van der Waals surface area contributed by atoms with Crippen molar-refractivity contribution in [3.05, 3.63) is 54.1 Å². The van der Waals surface area contributed by atoms with E-state index in [0.717, 1.165) is 50.0 Å². The Morgan fingerprint density at radius 3 is 2.76 bits per heavy atom. The summed E-state index contributed by atoms with van der Waals surface area (Å²) < 4.78 is 1.08. The van der Waals surface area contributed by atoms with E-state index in [1.807, 2.05) is 12.3 Å². The van der Waals surface area contributed by atoms with Gasteiger partial charge < -0.3 is 9.38 Å². The standard InChI is InChI=1S/C23H26N5S/c1-15-22(29-23(25-15)17-6-5-10-24-13-17)19-7-8-20-21(26-19)16(9-11-27(20)2)12-18-14-28(18,3)4/h5-8,10,12-13,18H,9,11,14H2,1-4H3/q+1. The normalized spacial score (nSPS) is 21.3. The second kappa shape index (κ2) is 6.75. The number of pyridine rings is 2. The van der Waals surface area contributed by atoms with Gasteiger partial charge in [-0.3, -0.25) is 4.98 Å². The summed E-state index contributed by atoms with van der Waals surface area (Å²) in [4.78, 5) is 17.6. The molecule has 148 valence electrons. The van der Waals surface area contributed by atoms with Crippen LogP contribution in [0.5, 0.6) is 0 Å². The van der Waals surface area contributed by atoms with Crippen molar-refractivity contribution in [3.8, 4) is 21.1 Å². The van der Waals surface area contributed by atoms with Crippen LogP contribution in [-0.4, -0.2) is 59.7 Å². The summed E-state index contributed by atoms with van der Waals surface area (Å²) in [5, 5.41) is 0.995. The van der Waals surface area contributed by atoms with Crippen molar-refractivity contribution < 1.29 is 4.48 Å². The lowest BCUT2D eigenvalue weighted by atomic mass is 9.99. The molecule has 1 unspecified atom stereocenters. The molecule has 29 heavy (non-hydrogen) atoms. The predicted octanol–water partition coefficient (Wildman–Crippen LogP) is 4.26. The Kier molecular flexibility index (Phi) is 4.29. The van der Waals surface area contributed by atoms with E-state index in [1.54, 1.807) is 17.5 Å². The molecule has 1 saturated heterocycles. The molecule has 0 radical (unpaired) electrons. The summed E-state index contributed by atoms with van der Waals surface area (Å²) >= 11 is 1.69. The van der Waals surface area contributed by atoms with Crippen molar-refractivity contribution in [1.82, 2.24) is 15.0 Å². The first kappa shape index (κ1) is 18.5. The molecular weight excluding hydrogens is 378 g/mol. The molecule has 0 N–H and O–H groups in total. The number of fused-ring (bicyclic) bond motifs is 1. The summed E-state index contributed by atoms with van der Waals surface area (Å²) in [6.07, 6.45) is 7.18. The number of anilines is 1. The van der Waals surface area contributed by atoms with Gasteiger partial charge >= 0.3 is 0 Å². The average molecular weight is 405 g/mol. The van der Waals surface area contributed by atoms with Gasteiger partial charge in [0.05, 0.1) is 41.7 Å². The van der Waals surface area contributed by atoms with Crippen molar-refractivity contribution in [1.29, 1.82) is 0 Å². The van der Waals surface area contributed by atoms with Gasteiger partial charge in [-0.25, -0.2) is 9.97 Å². The summed E-state index contributed by atoms with van der Waals surface area (Å²) in [5.74, 6) is 0. The number of aromatic nitrogens is 3. The van der Waals surface area contributed by atoms with Gasteiger partial charge in [0.25, 0.3) is 0 Å². The maximum Gasteiger partial charge on any atom is 0.158 e. The van der Waals surface area contributed by atoms with Gasteiger partial charge in [0.1, 0.15) is 11.6 Å². The Hall–Kier alpha value is -2.57. The largest absolute Gasteiger partial charge is 0.373 e. The van der Waals surface area contributed by atoms with Crippen LogP contribution in [0.15, 0.2) is 42.7 Å². The van der Waals surface area contributed by atoms with Crippen LogP contribution in [0, 0.1) is 6.92 Å². The Morgan fingerprint density at radius 2 is 2.03 bits per heavy atom. The lowest BCUT2D eigenvalue weighted by molar-refractivity contribution is -0.764. The van der Waals surface area contributed by atoms with Gasteiger partial charge in [-0.15, -0.1) is 11.3 Å². The highest BCUT2D eigenvalue weighted by Crippen LogP contribution is 2.39. The number of nitrogens with zero attached hydrogens (tertiary/aromatic N) is 5. The van der Waals surface area contributed by atoms with Crippen molar-refractivity contribution in [2.45, 2.75) is 19.4 Å². The molecule has 0 aliphatic carbocycles. The first-order chi connectivity index (χ1) is 13.9. The molecule has 6 heteroatoms. The van der Waals surface area contributed by atoms with Gasteiger partial charge in [0.15, 0.2) is 6.04 Å². The van der Waals surface area contributed by atoms with Gasteiger partial charge in [0.2, 0.25) is 0 Å². The number of aryl methyl sites for hydroxylation is 1. The molecule has 0 spiro atoms. The van der Waals surface area contributed by atoms with Crippen LogP contribution in [0.2, 0.25) is 0 Å². The Balaban J connectivity index is 1.56. The Morgan fingerprint density at radius 1 is 1.21 bits per heavy atom. The number of hydrogen-bond donors (Lipinski definition) is 0. The first-order valence-electron chi connectivity index (χ1n) is 10.1. The molecule has 5 rings (SSSR count). The molecule has 5 heterocycles. The average Bonchev–Trinajstić information content (AvgIpc) is 3.13.